The maximum Gasteiger partial charge on any atom is 0.257 e. The summed E-state index contributed by atoms with van der Waals surface area (Å²) in [6.45, 7) is 7.75. The van der Waals surface area contributed by atoms with Crippen molar-refractivity contribution in [1.82, 2.24) is 15.0 Å². The van der Waals surface area contributed by atoms with E-state index >= 15 is 0 Å². The van der Waals surface area contributed by atoms with Crippen LogP contribution in [0.5, 0.6) is 0 Å². The number of thiazole rings is 1. The number of nitrogens with one attached hydrogen (secondary N) is 2. The zero-order chi connectivity index (χ0) is 18.0. The van der Waals surface area contributed by atoms with E-state index in [0.717, 1.165) is 27.6 Å². The Kier molecular flexibility index (Phi) is 4.76. The first kappa shape index (κ1) is 17.0. The van der Waals surface area contributed by atoms with E-state index < -0.39 is 0 Å². The van der Waals surface area contributed by atoms with E-state index in [-0.39, 0.29) is 5.91 Å². The Morgan fingerprint density at radius 1 is 1.00 bits per heavy atom. The smallest absolute Gasteiger partial charge is 0.257 e. The standard InChI is InChI=1S/C18H19N5OS/c1-10-8-11(2)20-17(19-10)22-15-7-5-6-14(9-15)16(24)23-18-21-12(3)13(4)25-18/h5-9H,1-4H3,(H,19,20,22)(H,21,23,24). The Hall–Kier alpha value is -2.80. The molecule has 0 aliphatic carbocycles. The van der Waals surface area contributed by atoms with Gasteiger partial charge in [-0.25, -0.2) is 15.0 Å². The fraction of sp³-hybridized carbons (Fsp3) is 0.222. The lowest BCUT2D eigenvalue weighted by molar-refractivity contribution is 0.102. The summed E-state index contributed by atoms with van der Waals surface area (Å²) < 4.78 is 0. The van der Waals surface area contributed by atoms with Crippen LogP contribution < -0.4 is 10.6 Å². The number of amides is 1. The SMILES string of the molecule is Cc1cc(C)nc(Nc2cccc(C(=O)Nc3nc(C)c(C)s3)c2)n1. The summed E-state index contributed by atoms with van der Waals surface area (Å²) in [6.07, 6.45) is 0. The second kappa shape index (κ2) is 6.98. The molecule has 0 bridgehead atoms. The van der Waals surface area contributed by atoms with Gasteiger partial charge >= 0.3 is 0 Å². The average Bonchev–Trinajstić information content (AvgIpc) is 2.84. The number of carbonyl (C=O) groups is 1. The molecule has 6 nitrogen and oxygen atoms in total. The molecule has 1 aromatic carbocycles. The van der Waals surface area contributed by atoms with Gasteiger partial charge in [0, 0.05) is 27.5 Å². The second-order valence-corrected chi connectivity index (χ2v) is 7.00. The summed E-state index contributed by atoms with van der Waals surface area (Å²) in [4.78, 5) is 26.6. The molecule has 128 valence electrons. The maximum atomic E-state index is 12.4. The molecule has 25 heavy (non-hydrogen) atoms. The number of hydrogen-bond donors (Lipinski definition) is 2. The van der Waals surface area contributed by atoms with Crippen molar-refractivity contribution in [3.8, 4) is 0 Å². The van der Waals surface area contributed by atoms with E-state index in [4.69, 9.17) is 0 Å². The molecule has 0 aliphatic rings. The Balaban J connectivity index is 1.77. The van der Waals surface area contributed by atoms with Gasteiger partial charge in [0.25, 0.3) is 5.91 Å². The molecule has 0 unspecified atom stereocenters. The number of nitrogens with zero attached hydrogens (tertiary/aromatic N) is 3. The number of anilines is 3. The van der Waals surface area contributed by atoms with Crippen molar-refractivity contribution in [2.24, 2.45) is 0 Å². The fourth-order valence-corrected chi connectivity index (χ4v) is 3.15. The number of aromatic nitrogens is 3. The number of carbonyl (C=O) groups excluding carboxylic acids is 1. The minimum Gasteiger partial charge on any atom is -0.324 e. The van der Waals surface area contributed by atoms with Crippen LogP contribution in [0.15, 0.2) is 30.3 Å². The van der Waals surface area contributed by atoms with Crippen LogP contribution in [0.1, 0.15) is 32.3 Å². The van der Waals surface area contributed by atoms with Crippen LogP contribution >= 0.6 is 11.3 Å². The summed E-state index contributed by atoms with van der Waals surface area (Å²) in [7, 11) is 0. The first-order valence-electron chi connectivity index (χ1n) is 7.85. The molecular weight excluding hydrogens is 334 g/mol. The van der Waals surface area contributed by atoms with Crippen LogP contribution in [0, 0.1) is 27.7 Å². The summed E-state index contributed by atoms with van der Waals surface area (Å²) in [5.41, 5.74) is 4.00. The van der Waals surface area contributed by atoms with E-state index in [1.807, 2.05) is 45.9 Å². The van der Waals surface area contributed by atoms with Crippen molar-refractivity contribution in [3.05, 3.63) is 57.9 Å². The summed E-state index contributed by atoms with van der Waals surface area (Å²) in [6, 6.07) is 9.13. The number of benzene rings is 1. The lowest BCUT2D eigenvalue weighted by atomic mass is 10.2. The van der Waals surface area contributed by atoms with Crippen molar-refractivity contribution in [1.29, 1.82) is 0 Å². The molecule has 0 saturated carbocycles. The quantitative estimate of drug-likeness (QED) is 0.736. The third-order valence-corrected chi connectivity index (χ3v) is 4.60. The van der Waals surface area contributed by atoms with Crippen LogP contribution in [-0.2, 0) is 0 Å². The molecule has 0 radical (unpaired) electrons. The van der Waals surface area contributed by atoms with Gasteiger partial charge in [0.05, 0.1) is 5.69 Å². The van der Waals surface area contributed by atoms with Crippen LogP contribution in [0.3, 0.4) is 0 Å². The van der Waals surface area contributed by atoms with Crippen molar-refractivity contribution < 1.29 is 4.79 Å². The number of rotatable bonds is 4. The highest BCUT2D eigenvalue weighted by molar-refractivity contribution is 7.15. The van der Waals surface area contributed by atoms with Gasteiger partial charge in [0.1, 0.15) is 0 Å². The van der Waals surface area contributed by atoms with Gasteiger partial charge < -0.3 is 5.32 Å². The Labute approximate surface area is 150 Å². The molecule has 2 aromatic heterocycles. The molecule has 0 spiro atoms. The van der Waals surface area contributed by atoms with Gasteiger partial charge in [-0.05, 0) is 52.0 Å². The van der Waals surface area contributed by atoms with Gasteiger partial charge in [-0.2, -0.15) is 0 Å². The molecule has 2 N–H and O–H groups in total. The predicted molar refractivity (Wildman–Crippen MR) is 101 cm³/mol. The van der Waals surface area contributed by atoms with Crippen LogP contribution in [0.4, 0.5) is 16.8 Å². The number of aryl methyl sites for hydroxylation is 4. The van der Waals surface area contributed by atoms with Gasteiger partial charge in [0.15, 0.2) is 5.13 Å². The first-order valence-corrected chi connectivity index (χ1v) is 8.67. The van der Waals surface area contributed by atoms with E-state index in [0.29, 0.717) is 16.6 Å². The third-order valence-electron chi connectivity index (χ3n) is 3.61. The highest BCUT2D eigenvalue weighted by Gasteiger charge is 2.11. The van der Waals surface area contributed by atoms with Crippen molar-refractivity contribution >= 4 is 34.0 Å². The zero-order valence-electron chi connectivity index (χ0n) is 14.5. The first-order chi connectivity index (χ1) is 11.9. The minimum absolute atomic E-state index is 0.196. The molecular formula is C18H19N5OS. The number of hydrogen-bond acceptors (Lipinski definition) is 6. The lowest BCUT2D eigenvalue weighted by Crippen LogP contribution is -2.12. The van der Waals surface area contributed by atoms with Crippen LogP contribution in [0.2, 0.25) is 0 Å². The van der Waals surface area contributed by atoms with E-state index in [1.165, 1.54) is 11.3 Å². The molecule has 0 saturated heterocycles. The summed E-state index contributed by atoms with van der Waals surface area (Å²) in [5, 5.41) is 6.59. The molecule has 3 rings (SSSR count). The highest BCUT2D eigenvalue weighted by Crippen LogP contribution is 2.22. The van der Waals surface area contributed by atoms with Crippen molar-refractivity contribution in [2.45, 2.75) is 27.7 Å². The van der Waals surface area contributed by atoms with E-state index in [1.54, 1.807) is 12.1 Å². The van der Waals surface area contributed by atoms with Gasteiger partial charge in [0.2, 0.25) is 5.95 Å². The van der Waals surface area contributed by atoms with Gasteiger partial charge in [-0.3, -0.25) is 10.1 Å². The van der Waals surface area contributed by atoms with Crippen molar-refractivity contribution in [2.75, 3.05) is 10.6 Å². The normalized spacial score (nSPS) is 10.6. The minimum atomic E-state index is -0.196. The third kappa shape index (κ3) is 4.19. The predicted octanol–water partition coefficient (Wildman–Crippen LogP) is 4.16. The fourth-order valence-electron chi connectivity index (χ4n) is 2.34. The zero-order valence-corrected chi connectivity index (χ0v) is 15.4. The lowest BCUT2D eigenvalue weighted by Gasteiger charge is -2.08. The van der Waals surface area contributed by atoms with E-state index in [2.05, 4.69) is 25.6 Å². The summed E-state index contributed by atoms with van der Waals surface area (Å²) in [5.74, 6) is 0.319. The second-order valence-electron chi connectivity index (χ2n) is 5.79. The van der Waals surface area contributed by atoms with Crippen LogP contribution in [-0.4, -0.2) is 20.9 Å². The molecule has 1 amide bonds. The Morgan fingerprint density at radius 3 is 2.36 bits per heavy atom. The Morgan fingerprint density at radius 2 is 1.72 bits per heavy atom. The molecule has 2 heterocycles. The topological polar surface area (TPSA) is 79.8 Å². The molecule has 0 atom stereocenters. The average molecular weight is 353 g/mol. The highest BCUT2D eigenvalue weighted by atomic mass is 32.1. The van der Waals surface area contributed by atoms with Gasteiger partial charge in [-0.15, -0.1) is 11.3 Å². The monoisotopic (exact) mass is 353 g/mol. The molecule has 7 heteroatoms. The molecule has 0 fully saturated rings. The van der Waals surface area contributed by atoms with Crippen molar-refractivity contribution in [3.63, 3.8) is 0 Å². The largest absolute Gasteiger partial charge is 0.324 e. The summed E-state index contributed by atoms with van der Waals surface area (Å²) >= 11 is 1.47. The van der Waals surface area contributed by atoms with E-state index in [9.17, 15) is 4.79 Å². The Bertz CT molecular complexity index is 895. The van der Waals surface area contributed by atoms with Gasteiger partial charge in [-0.1, -0.05) is 6.07 Å². The maximum absolute atomic E-state index is 12.4. The molecule has 3 aromatic rings. The molecule has 0 aliphatic heterocycles. The van der Waals surface area contributed by atoms with Crippen LogP contribution in [0.25, 0.3) is 0 Å².